The van der Waals surface area contributed by atoms with Gasteiger partial charge < -0.3 is 14.6 Å². The van der Waals surface area contributed by atoms with E-state index in [4.69, 9.17) is 4.74 Å². The molecule has 0 spiro atoms. The van der Waals surface area contributed by atoms with Crippen molar-refractivity contribution < 1.29 is 9.13 Å². The predicted molar refractivity (Wildman–Crippen MR) is 131 cm³/mol. The lowest BCUT2D eigenvalue weighted by Gasteiger charge is -2.39. The molecule has 9 nitrogen and oxygen atoms in total. The fourth-order valence-electron chi connectivity index (χ4n) is 4.74. The molecule has 5 rings (SSSR count). The van der Waals surface area contributed by atoms with Gasteiger partial charge in [-0.25, -0.2) is 9.07 Å². The quantitative estimate of drug-likeness (QED) is 0.437. The summed E-state index contributed by atoms with van der Waals surface area (Å²) in [6, 6.07) is 14.0. The zero-order chi connectivity index (χ0) is 24.4. The van der Waals surface area contributed by atoms with Crippen molar-refractivity contribution in [3.63, 3.8) is 0 Å². The van der Waals surface area contributed by atoms with Gasteiger partial charge in [0.1, 0.15) is 11.9 Å². The summed E-state index contributed by atoms with van der Waals surface area (Å²) in [7, 11) is 1.63. The van der Waals surface area contributed by atoms with E-state index >= 15 is 0 Å². The number of ether oxygens (including phenoxy) is 1. The molecule has 1 fully saturated rings. The molecule has 0 aliphatic carbocycles. The van der Waals surface area contributed by atoms with Gasteiger partial charge in [0.15, 0.2) is 5.82 Å². The van der Waals surface area contributed by atoms with Crippen molar-refractivity contribution in [1.29, 1.82) is 0 Å². The van der Waals surface area contributed by atoms with Crippen LogP contribution in [0.2, 0.25) is 0 Å². The van der Waals surface area contributed by atoms with Gasteiger partial charge in [0, 0.05) is 44.5 Å². The third-order valence-corrected chi connectivity index (χ3v) is 6.59. The molecule has 0 saturated carbocycles. The standard InChI is InChI=1S/C25H28FN7O2/c1-17-4-3-5-18-16-21(25(34)27-22(17)18)23(24-28-29-30-33(24)14-15-35-2)32-12-10-31(11-13-32)20-8-6-19(26)7-9-20/h3-9,16,23H,10-15H2,1-2H3,(H,27,34)/t23-/m0/s1. The summed E-state index contributed by atoms with van der Waals surface area (Å²) in [5, 5.41) is 13.4. The zero-order valence-electron chi connectivity index (χ0n) is 19.8. The molecule has 0 amide bonds. The van der Waals surface area contributed by atoms with E-state index in [9.17, 15) is 9.18 Å². The molecular weight excluding hydrogens is 449 g/mol. The topological polar surface area (TPSA) is 92.2 Å². The first-order valence-corrected chi connectivity index (χ1v) is 11.7. The van der Waals surface area contributed by atoms with Crippen molar-refractivity contribution >= 4 is 16.6 Å². The number of para-hydroxylation sites is 1. The molecule has 1 aliphatic heterocycles. The first-order valence-electron chi connectivity index (χ1n) is 11.7. The molecule has 1 atom stereocenters. The van der Waals surface area contributed by atoms with Gasteiger partial charge in [-0.2, -0.15) is 0 Å². The number of fused-ring (bicyclic) bond motifs is 1. The number of aryl methyl sites for hydroxylation is 1. The van der Waals surface area contributed by atoms with E-state index in [1.54, 1.807) is 23.9 Å². The number of nitrogens with one attached hydrogen (secondary N) is 1. The van der Waals surface area contributed by atoms with Crippen LogP contribution in [0.4, 0.5) is 10.1 Å². The number of hydrogen-bond acceptors (Lipinski definition) is 7. The third kappa shape index (κ3) is 4.67. The highest BCUT2D eigenvalue weighted by molar-refractivity contribution is 5.82. The normalized spacial score (nSPS) is 15.6. The Morgan fingerprint density at radius 1 is 1.11 bits per heavy atom. The highest BCUT2D eigenvalue weighted by Crippen LogP contribution is 2.29. The summed E-state index contributed by atoms with van der Waals surface area (Å²) >= 11 is 0. The van der Waals surface area contributed by atoms with Gasteiger partial charge in [-0.1, -0.05) is 18.2 Å². The molecule has 1 aliphatic rings. The summed E-state index contributed by atoms with van der Waals surface area (Å²) in [5.41, 5.74) is 3.28. The third-order valence-electron chi connectivity index (χ3n) is 6.59. The molecular formula is C25H28FN7O2. The summed E-state index contributed by atoms with van der Waals surface area (Å²) in [6.45, 7) is 5.74. The number of benzene rings is 2. The molecule has 1 N–H and O–H groups in total. The molecule has 4 aromatic rings. The fraction of sp³-hybridized carbons (Fsp3) is 0.360. The maximum absolute atomic E-state index is 13.4. The van der Waals surface area contributed by atoms with Gasteiger partial charge >= 0.3 is 0 Å². The van der Waals surface area contributed by atoms with E-state index < -0.39 is 6.04 Å². The highest BCUT2D eigenvalue weighted by Gasteiger charge is 2.32. The zero-order valence-corrected chi connectivity index (χ0v) is 19.8. The van der Waals surface area contributed by atoms with Crippen LogP contribution in [0.3, 0.4) is 0 Å². The van der Waals surface area contributed by atoms with E-state index in [0.29, 0.717) is 37.6 Å². The second-order valence-corrected chi connectivity index (χ2v) is 8.75. The number of hydrogen-bond donors (Lipinski definition) is 1. The van der Waals surface area contributed by atoms with Gasteiger partial charge in [0.05, 0.1) is 18.7 Å². The minimum absolute atomic E-state index is 0.154. The van der Waals surface area contributed by atoms with Crippen molar-refractivity contribution in [2.75, 3.05) is 44.8 Å². The minimum Gasteiger partial charge on any atom is -0.383 e. The number of methoxy groups -OCH3 is 1. The Morgan fingerprint density at radius 3 is 2.63 bits per heavy atom. The van der Waals surface area contributed by atoms with Crippen molar-refractivity contribution in [3.8, 4) is 0 Å². The first kappa shape index (κ1) is 23.1. The average molecular weight is 478 g/mol. The monoisotopic (exact) mass is 477 g/mol. The van der Waals surface area contributed by atoms with Crippen LogP contribution < -0.4 is 10.5 Å². The lowest BCUT2D eigenvalue weighted by molar-refractivity contribution is 0.171. The maximum Gasteiger partial charge on any atom is 0.253 e. The number of H-pyrrole nitrogens is 1. The molecule has 182 valence electrons. The van der Waals surface area contributed by atoms with Gasteiger partial charge in [-0.15, -0.1) is 5.10 Å². The number of piperazine rings is 1. The van der Waals surface area contributed by atoms with E-state index in [0.717, 1.165) is 35.2 Å². The molecule has 2 aromatic heterocycles. The molecule has 1 saturated heterocycles. The van der Waals surface area contributed by atoms with Crippen LogP contribution in [0, 0.1) is 12.7 Å². The summed E-state index contributed by atoms with van der Waals surface area (Å²) in [5.74, 6) is 0.357. The number of aromatic nitrogens is 5. The van der Waals surface area contributed by atoms with Crippen LogP contribution in [-0.4, -0.2) is 70.0 Å². The Bertz CT molecular complexity index is 1360. The maximum atomic E-state index is 13.4. The highest BCUT2D eigenvalue weighted by atomic mass is 19.1. The average Bonchev–Trinajstić information content (AvgIpc) is 3.33. The van der Waals surface area contributed by atoms with Crippen LogP contribution in [0.5, 0.6) is 0 Å². The van der Waals surface area contributed by atoms with Gasteiger partial charge in [0.25, 0.3) is 5.56 Å². The van der Waals surface area contributed by atoms with Crippen LogP contribution in [0.15, 0.2) is 53.3 Å². The summed E-state index contributed by atoms with van der Waals surface area (Å²) < 4.78 is 20.3. The predicted octanol–water partition coefficient (Wildman–Crippen LogP) is 2.52. The molecule has 3 heterocycles. The molecule has 0 radical (unpaired) electrons. The molecule has 2 aromatic carbocycles. The molecule has 0 unspecified atom stereocenters. The minimum atomic E-state index is -0.425. The van der Waals surface area contributed by atoms with Gasteiger partial charge in [-0.3, -0.25) is 9.69 Å². The number of pyridine rings is 1. The van der Waals surface area contributed by atoms with E-state index in [1.807, 2.05) is 31.2 Å². The van der Waals surface area contributed by atoms with Crippen LogP contribution in [-0.2, 0) is 11.3 Å². The lowest BCUT2D eigenvalue weighted by Crippen LogP contribution is -2.49. The number of tetrazole rings is 1. The van der Waals surface area contributed by atoms with Crippen LogP contribution in [0.25, 0.3) is 10.9 Å². The largest absolute Gasteiger partial charge is 0.383 e. The second kappa shape index (κ2) is 9.93. The fourth-order valence-corrected chi connectivity index (χ4v) is 4.74. The van der Waals surface area contributed by atoms with Gasteiger partial charge in [-0.05, 0) is 58.6 Å². The van der Waals surface area contributed by atoms with Crippen molar-refractivity contribution in [3.05, 3.63) is 81.7 Å². The first-order chi connectivity index (χ1) is 17.0. The Hall–Kier alpha value is -3.63. The number of anilines is 1. The Labute approximate surface area is 202 Å². The molecule has 0 bridgehead atoms. The second-order valence-electron chi connectivity index (χ2n) is 8.75. The number of aromatic amines is 1. The van der Waals surface area contributed by atoms with Crippen molar-refractivity contribution in [2.24, 2.45) is 0 Å². The Morgan fingerprint density at radius 2 is 1.89 bits per heavy atom. The summed E-state index contributed by atoms with van der Waals surface area (Å²) in [4.78, 5) is 20.9. The van der Waals surface area contributed by atoms with E-state index in [2.05, 4.69) is 30.3 Å². The van der Waals surface area contributed by atoms with E-state index in [1.165, 1.54) is 12.1 Å². The Balaban J connectivity index is 1.51. The summed E-state index contributed by atoms with van der Waals surface area (Å²) in [6.07, 6.45) is 0. The van der Waals surface area contributed by atoms with Crippen LogP contribution >= 0.6 is 0 Å². The van der Waals surface area contributed by atoms with Gasteiger partial charge in [0.2, 0.25) is 0 Å². The Kier molecular flexibility index (Phi) is 6.56. The molecule has 10 heteroatoms. The SMILES string of the molecule is COCCn1nnnc1[C@H](c1cc2cccc(C)c2[nH]c1=O)N1CCN(c2ccc(F)cc2)CC1. The van der Waals surface area contributed by atoms with Crippen molar-refractivity contribution in [1.82, 2.24) is 30.1 Å². The number of halogens is 1. The van der Waals surface area contributed by atoms with E-state index in [-0.39, 0.29) is 11.4 Å². The number of rotatable bonds is 7. The smallest absolute Gasteiger partial charge is 0.253 e. The number of nitrogens with zero attached hydrogens (tertiary/aromatic N) is 6. The van der Waals surface area contributed by atoms with Crippen LogP contribution in [0.1, 0.15) is 23.0 Å². The molecule has 35 heavy (non-hydrogen) atoms. The lowest BCUT2D eigenvalue weighted by atomic mass is 10.0. The van der Waals surface area contributed by atoms with Crippen molar-refractivity contribution in [2.45, 2.75) is 19.5 Å².